The van der Waals surface area contributed by atoms with Crippen LogP contribution in [0.3, 0.4) is 0 Å². The summed E-state index contributed by atoms with van der Waals surface area (Å²) in [5, 5.41) is 3.04. The van der Waals surface area contributed by atoms with Crippen LogP contribution in [-0.2, 0) is 11.2 Å². The molecule has 27 heavy (non-hydrogen) atoms. The molecule has 0 saturated heterocycles. The van der Waals surface area contributed by atoms with E-state index in [4.69, 9.17) is 18.9 Å². The number of hydrogen-bond donors (Lipinski definition) is 1. The number of carbonyl (C=O) groups is 1. The Balaban J connectivity index is 1.40. The molecule has 0 fully saturated rings. The lowest BCUT2D eigenvalue weighted by atomic mass is 10.1. The first kappa shape index (κ1) is 17.5. The minimum absolute atomic E-state index is 0.0497. The van der Waals surface area contributed by atoms with Crippen molar-refractivity contribution in [3.05, 3.63) is 47.5 Å². The second-order valence-corrected chi connectivity index (χ2v) is 6.70. The number of rotatable bonds is 4. The number of fused-ring (bicyclic) bond motifs is 2. The Morgan fingerprint density at radius 1 is 0.889 bits per heavy atom. The Bertz CT molecular complexity index is 835. The number of carbonyl (C=O) groups excluding carboxylic acids is 1. The molecule has 0 unspecified atom stereocenters. The molecule has 142 valence electrons. The van der Waals surface area contributed by atoms with Crippen LogP contribution >= 0.6 is 0 Å². The van der Waals surface area contributed by atoms with Crippen molar-refractivity contribution in [1.29, 1.82) is 0 Å². The standard InChI is InChI=1S/C21H23NO5/c1-14(16-4-6-18-20(13-16)25-8-2-7-24-18)22-21(23)12-15-3-5-17-19(11-15)27-10-9-26-17/h3-6,11,13-14H,2,7-10,12H2,1H3,(H,22,23)/t14-/m1/s1. The predicted molar refractivity (Wildman–Crippen MR) is 99.7 cm³/mol. The first-order chi connectivity index (χ1) is 13.2. The number of nitrogens with one attached hydrogen (secondary N) is 1. The maximum absolute atomic E-state index is 12.5. The van der Waals surface area contributed by atoms with Gasteiger partial charge in [-0.05, 0) is 42.3 Å². The van der Waals surface area contributed by atoms with Crippen LogP contribution in [0.2, 0.25) is 0 Å². The quantitative estimate of drug-likeness (QED) is 0.897. The summed E-state index contributed by atoms with van der Waals surface area (Å²) in [5.74, 6) is 2.86. The van der Waals surface area contributed by atoms with E-state index in [9.17, 15) is 4.79 Å². The maximum atomic E-state index is 12.5. The third-order valence-electron chi connectivity index (χ3n) is 4.62. The molecule has 2 heterocycles. The van der Waals surface area contributed by atoms with E-state index in [2.05, 4.69) is 5.32 Å². The fraction of sp³-hybridized carbons (Fsp3) is 0.381. The summed E-state index contributed by atoms with van der Waals surface area (Å²) in [5.41, 5.74) is 1.87. The van der Waals surface area contributed by atoms with Gasteiger partial charge in [0.05, 0.1) is 25.7 Å². The molecule has 1 N–H and O–H groups in total. The van der Waals surface area contributed by atoms with Gasteiger partial charge in [-0.15, -0.1) is 0 Å². The molecule has 2 aromatic carbocycles. The van der Waals surface area contributed by atoms with Crippen molar-refractivity contribution in [2.45, 2.75) is 25.8 Å². The van der Waals surface area contributed by atoms with Gasteiger partial charge in [0.2, 0.25) is 5.91 Å². The van der Waals surface area contributed by atoms with Crippen LogP contribution in [0.5, 0.6) is 23.0 Å². The molecule has 2 aromatic rings. The van der Waals surface area contributed by atoms with E-state index in [1.54, 1.807) is 0 Å². The van der Waals surface area contributed by atoms with Crippen LogP contribution in [0.15, 0.2) is 36.4 Å². The molecular weight excluding hydrogens is 346 g/mol. The van der Waals surface area contributed by atoms with Crippen LogP contribution in [0, 0.1) is 0 Å². The summed E-state index contributed by atoms with van der Waals surface area (Å²) < 4.78 is 22.5. The van der Waals surface area contributed by atoms with E-state index in [1.807, 2.05) is 43.3 Å². The van der Waals surface area contributed by atoms with Crippen molar-refractivity contribution < 1.29 is 23.7 Å². The van der Waals surface area contributed by atoms with Crippen molar-refractivity contribution in [3.63, 3.8) is 0 Å². The summed E-state index contributed by atoms with van der Waals surface area (Å²) >= 11 is 0. The normalized spacial score (nSPS) is 16.2. The average Bonchev–Trinajstić information content (AvgIpc) is 2.92. The monoisotopic (exact) mass is 369 g/mol. The van der Waals surface area contributed by atoms with Gasteiger partial charge in [0.15, 0.2) is 23.0 Å². The second-order valence-electron chi connectivity index (χ2n) is 6.70. The first-order valence-electron chi connectivity index (χ1n) is 9.26. The molecule has 0 bridgehead atoms. The van der Waals surface area contributed by atoms with Gasteiger partial charge in [0.25, 0.3) is 0 Å². The summed E-state index contributed by atoms with van der Waals surface area (Å²) in [6.07, 6.45) is 1.15. The molecule has 6 nitrogen and oxygen atoms in total. The highest BCUT2D eigenvalue weighted by Crippen LogP contribution is 2.33. The van der Waals surface area contributed by atoms with Crippen LogP contribution in [0.4, 0.5) is 0 Å². The zero-order valence-corrected chi connectivity index (χ0v) is 15.3. The van der Waals surface area contributed by atoms with Crippen molar-refractivity contribution in [3.8, 4) is 23.0 Å². The lowest BCUT2D eigenvalue weighted by molar-refractivity contribution is -0.121. The largest absolute Gasteiger partial charge is 0.490 e. The lowest BCUT2D eigenvalue weighted by Crippen LogP contribution is -2.28. The van der Waals surface area contributed by atoms with E-state index < -0.39 is 0 Å². The fourth-order valence-corrected chi connectivity index (χ4v) is 3.21. The minimum Gasteiger partial charge on any atom is -0.490 e. The third-order valence-corrected chi connectivity index (χ3v) is 4.62. The van der Waals surface area contributed by atoms with Crippen molar-refractivity contribution in [2.75, 3.05) is 26.4 Å². The molecule has 1 atom stereocenters. The summed E-state index contributed by atoms with van der Waals surface area (Å²) in [4.78, 5) is 12.5. The number of benzene rings is 2. The molecular formula is C21H23NO5. The van der Waals surface area contributed by atoms with Gasteiger partial charge < -0.3 is 24.3 Å². The van der Waals surface area contributed by atoms with E-state index in [1.165, 1.54) is 0 Å². The summed E-state index contributed by atoms with van der Waals surface area (Å²) in [7, 11) is 0. The van der Waals surface area contributed by atoms with Crippen LogP contribution in [-0.4, -0.2) is 32.3 Å². The molecule has 2 aliphatic rings. The molecule has 0 aromatic heterocycles. The van der Waals surface area contributed by atoms with Crippen molar-refractivity contribution in [1.82, 2.24) is 5.32 Å². The van der Waals surface area contributed by atoms with Gasteiger partial charge in [-0.3, -0.25) is 4.79 Å². The zero-order valence-electron chi connectivity index (χ0n) is 15.3. The molecule has 2 aliphatic heterocycles. The van der Waals surface area contributed by atoms with Crippen molar-refractivity contribution in [2.24, 2.45) is 0 Å². The Morgan fingerprint density at radius 3 is 2.33 bits per heavy atom. The second kappa shape index (κ2) is 7.78. The minimum atomic E-state index is -0.133. The van der Waals surface area contributed by atoms with Crippen LogP contribution in [0.1, 0.15) is 30.5 Å². The van der Waals surface area contributed by atoms with E-state index in [0.717, 1.165) is 34.8 Å². The smallest absolute Gasteiger partial charge is 0.224 e. The van der Waals surface area contributed by atoms with Gasteiger partial charge in [0.1, 0.15) is 13.2 Å². The lowest BCUT2D eigenvalue weighted by Gasteiger charge is -2.19. The van der Waals surface area contributed by atoms with Gasteiger partial charge in [-0.1, -0.05) is 12.1 Å². The van der Waals surface area contributed by atoms with Crippen LogP contribution in [0.25, 0.3) is 0 Å². The molecule has 6 heteroatoms. The van der Waals surface area contributed by atoms with E-state index in [0.29, 0.717) is 32.2 Å². The Hall–Kier alpha value is -2.89. The van der Waals surface area contributed by atoms with Gasteiger partial charge in [-0.25, -0.2) is 0 Å². The highest BCUT2D eigenvalue weighted by atomic mass is 16.6. The van der Waals surface area contributed by atoms with E-state index in [-0.39, 0.29) is 18.4 Å². The SMILES string of the molecule is C[C@@H](NC(=O)Cc1ccc2c(c1)OCCO2)c1ccc2c(c1)OCCCO2. The van der Waals surface area contributed by atoms with E-state index >= 15 is 0 Å². The van der Waals surface area contributed by atoms with Gasteiger partial charge >= 0.3 is 0 Å². The topological polar surface area (TPSA) is 66.0 Å². The number of hydrogen-bond acceptors (Lipinski definition) is 5. The maximum Gasteiger partial charge on any atom is 0.224 e. The molecule has 1 amide bonds. The average molecular weight is 369 g/mol. The zero-order chi connectivity index (χ0) is 18.6. The molecule has 0 radical (unpaired) electrons. The highest BCUT2D eigenvalue weighted by molar-refractivity contribution is 5.79. The Labute approximate surface area is 158 Å². The summed E-state index contributed by atoms with van der Waals surface area (Å²) in [6.45, 7) is 4.35. The predicted octanol–water partition coefficient (Wildman–Crippen LogP) is 3.04. The molecule has 0 spiro atoms. The Morgan fingerprint density at radius 2 is 1.52 bits per heavy atom. The molecule has 0 saturated carbocycles. The number of amides is 1. The molecule has 0 aliphatic carbocycles. The Kier molecular flexibility index (Phi) is 5.05. The summed E-state index contributed by atoms with van der Waals surface area (Å²) in [6, 6.07) is 11.3. The van der Waals surface area contributed by atoms with Crippen molar-refractivity contribution >= 4 is 5.91 Å². The third kappa shape index (κ3) is 4.10. The number of ether oxygens (including phenoxy) is 4. The molecule has 4 rings (SSSR count). The van der Waals surface area contributed by atoms with Gasteiger partial charge in [-0.2, -0.15) is 0 Å². The fourth-order valence-electron chi connectivity index (χ4n) is 3.21. The highest BCUT2D eigenvalue weighted by Gasteiger charge is 2.17. The van der Waals surface area contributed by atoms with Gasteiger partial charge in [0, 0.05) is 6.42 Å². The first-order valence-corrected chi connectivity index (χ1v) is 9.26. The van der Waals surface area contributed by atoms with Crippen LogP contribution < -0.4 is 24.3 Å².